The molecule has 0 aliphatic carbocycles. The van der Waals surface area contributed by atoms with E-state index in [1.54, 1.807) is 6.20 Å². The number of hydrogen-bond acceptors (Lipinski definition) is 2. The second kappa shape index (κ2) is 5.60. The van der Waals surface area contributed by atoms with Gasteiger partial charge in [0, 0.05) is 33.4 Å². The molecule has 1 aliphatic rings. The third-order valence-corrected chi connectivity index (χ3v) is 4.46. The third kappa shape index (κ3) is 2.53. The Labute approximate surface area is 139 Å². The maximum atomic E-state index is 6.53. The lowest BCUT2D eigenvalue weighted by Crippen LogP contribution is -2.03. The molecule has 0 saturated heterocycles. The van der Waals surface area contributed by atoms with Crippen LogP contribution in [0.2, 0.25) is 5.02 Å². The first kappa shape index (κ1) is 14.1. The smallest absolute Gasteiger partial charge is 0.0646 e. The zero-order chi connectivity index (χ0) is 15.8. The summed E-state index contributed by atoms with van der Waals surface area (Å²) < 4.78 is 0. The van der Waals surface area contributed by atoms with E-state index < -0.39 is 0 Å². The van der Waals surface area contributed by atoms with Crippen LogP contribution in [0.1, 0.15) is 16.8 Å². The summed E-state index contributed by atoms with van der Waals surface area (Å²) in [5, 5.41) is 4.98. The molecule has 2 aromatic carbocycles. The highest BCUT2D eigenvalue weighted by atomic mass is 35.5. The molecular weight excluding hydrogens is 306 g/mol. The van der Waals surface area contributed by atoms with Crippen molar-refractivity contribution < 1.29 is 0 Å². The zero-order valence-corrected chi connectivity index (χ0v) is 13.3. The van der Waals surface area contributed by atoms with Crippen LogP contribution in [-0.4, -0.2) is 11.2 Å². The first-order valence-electron chi connectivity index (χ1n) is 7.53. The number of rotatable bonds is 4. The van der Waals surface area contributed by atoms with Gasteiger partial charge in [0.1, 0.15) is 0 Å². The maximum Gasteiger partial charge on any atom is 0.0646 e. The number of nitrogens with zero attached hydrogens (tertiary/aromatic N) is 1. The van der Waals surface area contributed by atoms with Crippen LogP contribution in [0.5, 0.6) is 0 Å². The lowest BCUT2D eigenvalue weighted by molar-refractivity contribution is 0.849. The third-order valence-electron chi connectivity index (χ3n) is 4.15. The molecule has 23 heavy (non-hydrogen) atoms. The number of aromatic nitrogens is 1. The minimum Gasteiger partial charge on any atom is -0.386 e. The van der Waals surface area contributed by atoms with E-state index in [4.69, 9.17) is 11.6 Å². The fourth-order valence-electron chi connectivity index (χ4n) is 2.99. The number of aromatic amines is 1. The Hall–Kier alpha value is -2.52. The molecule has 0 amide bonds. The van der Waals surface area contributed by atoms with Crippen molar-refractivity contribution in [1.29, 1.82) is 0 Å². The summed E-state index contributed by atoms with van der Waals surface area (Å²) in [6.45, 7) is 5.15. The average Bonchev–Trinajstić information content (AvgIpc) is 3.17. The van der Waals surface area contributed by atoms with Crippen LogP contribution in [0.3, 0.4) is 0 Å². The molecule has 0 atom stereocenters. The number of fused-ring (bicyclic) bond motifs is 2. The molecule has 0 unspecified atom stereocenters. The minimum absolute atomic E-state index is 0.724. The maximum absolute atomic E-state index is 6.53. The molecule has 0 radical (unpaired) electrons. The van der Waals surface area contributed by atoms with Gasteiger partial charge in [0.15, 0.2) is 0 Å². The number of benzene rings is 2. The predicted molar refractivity (Wildman–Crippen MR) is 97.1 cm³/mol. The van der Waals surface area contributed by atoms with Crippen LogP contribution in [0.4, 0.5) is 0 Å². The SMILES string of the molecule is C=CNCc1cc2cc(Cl)c(-c3ccc4c(c3)CN=C4)cc2[nH]1. The Kier molecular flexibility index (Phi) is 3.43. The first-order valence-corrected chi connectivity index (χ1v) is 7.91. The molecule has 2 N–H and O–H groups in total. The van der Waals surface area contributed by atoms with Crippen molar-refractivity contribution in [3.8, 4) is 11.1 Å². The van der Waals surface area contributed by atoms with Crippen molar-refractivity contribution in [1.82, 2.24) is 10.3 Å². The summed E-state index contributed by atoms with van der Waals surface area (Å²) in [7, 11) is 0. The summed E-state index contributed by atoms with van der Waals surface area (Å²) >= 11 is 6.53. The Balaban J connectivity index is 1.77. The standard InChI is InChI=1S/C19H16ClN3/c1-2-21-11-16-6-14-7-18(20)17(8-19(14)23-16)12-3-4-13-9-22-10-15(13)5-12/h2-9,21,23H,1,10-11H2. The van der Waals surface area contributed by atoms with Gasteiger partial charge in [-0.15, -0.1) is 0 Å². The second-order valence-corrected chi connectivity index (χ2v) is 6.09. The van der Waals surface area contributed by atoms with E-state index in [9.17, 15) is 0 Å². The van der Waals surface area contributed by atoms with Crippen molar-refractivity contribution in [3.05, 3.63) is 71.0 Å². The van der Waals surface area contributed by atoms with Crippen LogP contribution < -0.4 is 5.32 Å². The monoisotopic (exact) mass is 321 g/mol. The molecule has 0 saturated carbocycles. The Morgan fingerprint density at radius 2 is 2.17 bits per heavy atom. The van der Waals surface area contributed by atoms with Crippen molar-refractivity contribution >= 4 is 28.7 Å². The minimum atomic E-state index is 0.724. The molecule has 4 heteroatoms. The summed E-state index contributed by atoms with van der Waals surface area (Å²) in [6, 6.07) is 12.6. The van der Waals surface area contributed by atoms with E-state index in [1.165, 1.54) is 11.1 Å². The van der Waals surface area contributed by atoms with E-state index in [-0.39, 0.29) is 0 Å². The van der Waals surface area contributed by atoms with Crippen LogP contribution >= 0.6 is 11.6 Å². The average molecular weight is 322 g/mol. The van der Waals surface area contributed by atoms with Crippen molar-refractivity contribution in [2.45, 2.75) is 13.1 Å². The topological polar surface area (TPSA) is 40.2 Å². The van der Waals surface area contributed by atoms with E-state index in [2.05, 4.69) is 52.2 Å². The number of hydrogen-bond donors (Lipinski definition) is 2. The van der Waals surface area contributed by atoms with E-state index in [0.29, 0.717) is 0 Å². The predicted octanol–water partition coefficient (Wildman–Crippen LogP) is 4.65. The molecule has 4 rings (SSSR count). The lowest BCUT2D eigenvalue weighted by atomic mass is 9.99. The summed E-state index contributed by atoms with van der Waals surface area (Å²) in [5.74, 6) is 0. The highest BCUT2D eigenvalue weighted by Gasteiger charge is 2.12. The van der Waals surface area contributed by atoms with E-state index in [0.717, 1.165) is 45.8 Å². The molecule has 1 aliphatic heterocycles. The second-order valence-electron chi connectivity index (χ2n) is 5.68. The van der Waals surface area contributed by atoms with Gasteiger partial charge < -0.3 is 10.3 Å². The quantitative estimate of drug-likeness (QED) is 0.721. The van der Waals surface area contributed by atoms with Gasteiger partial charge >= 0.3 is 0 Å². The molecular formula is C19H16ClN3. The first-order chi connectivity index (χ1) is 11.2. The van der Waals surface area contributed by atoms with Crippen LogP contribution in [0.15, 0.2) is 54.2 Å². The summed E-state index contributed by atoms with van der Waals surface area (Å²) in [6.07, 6.45) is 3.62. The fourth-order valence-corrected chi connectivity index (χ4v) is 3.27. The highest BCUT2D eigenvalue weighted by Crippen LogP contribution is 2.34. The lowest BCUT2D eigenvalue weighted by Gasteiger charge is -2.07. The van der Waals surface area contributed by atoms with Crippen LogP contribution in [-0.2, 0) is 13.1 Å². The van der Waals surface area contributed by atoms with Crippen molar-refractivity contribution in [2.75, 3.05) is 0 Å². The number of nitrogens with one attached hydrogen (secondary N) is 2. The number of aliphatic imine (C=N–C) groups is 1. The highest BCUT2D eigenvalue weighted by molar-refractivity contribution is 6.34. The van der Waals surface area contributed by atoms with Gasteiger partial charge in [0.05, 0.1) is 13.1 Å². The number of H-pyrrole nitrogens is 1. The fraction of sp³-hybridized carbons (Fsp3) is 0.105. The molecule has 3 nitrogen and oxygen atoms in total. The van der Waals surface area contributed by atoms with Gasteiger partial charge in [-0.3, -0.25) is 4.99 Å². The van der Waals surface area contributed by atoms with Gasteiger partial charge in [-0.25, -0.2) is 0 Å². The van der Waals surface area contributed by atoms with E-state index >= 15 is 0 Å². The van der Waals surface area contributed by atoms with Gasteiger partial charge in [-0.1, -0.05) is 30.3 Å². The van der Waals surface area contributed by atoms with Gasteiger partial charge in [-0.2, -0.15) is 0 Å². The van der Waals surface area contributed by atoms with Crippen LogP contribution in [0.25, 0.3) is 22.0 Å². The molecule has 0 fully saturated rings. The van der Waals surface area contributed by atoms with Crippen molar-refractivity contribution in [3.63, 3.8) is 0 Å². The zero-order valence-electron chi connectivity index (χ0n) is 12.6. The van der Waals surface area contributed by atoms with Gasteiger partial charge in [-0.05, 0) is 47.2 Å². The molecule has 0 spiro atoms. The molecule has 3 aromatic rings. The molecule has 1 aromatic heterocycles. The van der Waals surface area contributed by atoms with Crippen molar-refractivity contribution in [2.24, 2.45) is 4.99 Å². The van der Waals surface area contributed by atoms with Gasteiger partial charge in [0.2, 0.25) is 0 Å². The Bertz CT molecular complexity index is 937. The molecule has 114 valence electrons. The molecule has 2 heterocycles. The summed E-state index contributed by atoms with van der Waals surface area (Å²) in [4.78, 5) is 7.74. The largest absolute Gasteiger partial charge is 0.386 e. The van der Waals surface area contributed by atoms with Gasteiger partial charge in [0.25, 0.3) is 0 Å². The van der Waals surface area contributed by atoms with E-state index in [1.807, 2.05) is 12.3 Å². The Morgan fingerprint density at radius 1 is 1.26 bits per heavy atom. The Morgan fingerprint density at radius 3 is 3.04 bits per heavy atom. The normalized spacial score (nSPS) is 12.6. The number of halogens is 1. The summed E-state index contributed by atoms with van der Waals surface area (Å²) in [5.41, 5.74) is 6.81. The molecule has 0 bridgehead atoms. The van der Waals surface area contributed by atoms with Crippen LogP contribution in [0, 0.1) is 0 Å².